The normalized spacial score (nSPS) is 11.6. The monoisotopic (exact) mass is 329 g/mol. The number of nitrogens with zero attached hydrogens (tertiary/aromatic N) is 1. The second kappa shape index (κ2) is 7.89. The molecule has 0 spiro atoms. The minimum atomic E-state index is -0.291. The van der Waals surface area contributed by atoms with Gasteiger partial charge >= 0.3 is 0 Å². The van der Waals surface area contributed by atoms with Gasteiger partial charge in [0.25, 0.3) is 0 Å². The molecular formula is C19H20ClNO2. The Balaban J connectivity index is 2.33. The van der Waals surface area contributed by atoms with E-state index in [-0.39, 0.29) is 5.92 Å². The summed E-state index contributed by atoms with van der Waals surface area (Å²) >= 11 is 6.18. The van der Waals surface area contributed by atoms with Crippen molar-refractivity contribution >= 4 is 11.6 Å². The molecule has 0 aliphatic rings. The topological polar surface area (TPSA) is 42.2 Å². The maximum atomic E-state index is 9.63. The van der Waals surface area contributed by atoms with Crippen molar-refractivity contribution < 1.29 is 9.47 Å². The highest BCUT2D eigenvalue weighted by Crippen LogP contribution is 2.32. The van der Waals surface area contributed by atoms with Gasteiger partial charge in [0, 0.05) is 5.56 Å². The third kappa shape index (κ3) is 3.97. The van der Waals surface area contributed by atoms with Crippen molar-refractivity contribution in [2.75, 3.05) is 14.2 Å². The van der Waals surface area contributed by atoms with Gasteiger partial charge in [0.15, 0.2) is 0 Å². The molecule has 0 aliphatic heterocycles. The lowest BCUT2D eigenvalue weighted by molar-refractivity contribution is 0.407. The molecule has 3 nitrogen and oxygen atoms in total. The molecule has 0 radical (unpaired) electrons. The molecule has 0 fully saturated rings. The number of hydrogen-bond acceptors (Lipinski definition) is 3. The zero-order valence-corrected chi connectivity index (χ0v) is 14.4. The minimum absolute atomic E-state index is 0.291. The van der Waals surface area contributed by atoms with Crippen LogP contribution in [0.2, 0.25) is 5.02 Å². The number of methoxy groups -OCH3 is 2. The first kappa shape index (κ1) is 17.2. The van der Waals surface area contributed by atoms with Gasteiger partial charge < -0.3 is 9.47 Å². The van der Waals surface area contributed by atoms with Gasteiger partial charge in [-0.2, -0.15) is 5.26 Å². The Morgan fingerprint density at radius 1 is 1.04 bits per heavy atom. The summed E-state index contributed by atoms with van der Waals surface area (Å²) in [5.74, 6) is 1.09. The van der Waals surface area contributed by atoms with Crippen molar-refractivity contribution in [2.45, 2.75) is 25.7 Å². The largest absolute Gasteiger partial charge is 0.496 e. The SMILES string of the molecule is CCc1ccc(OC)c(C(C#N)Cc2ccc(OC)c(Cl)c2)c1. The van der Waals surface area contributed by atoms with E-state index < -0.39 is 0 Å². The third-order valence-electron chi connectivity index (χ3n) is 3.89. The second-order valence-corrected chi connectivity index (χ2v) is 5.69. The Kier molecular flexibility index (Phi) is 5.90. The fourth-order valence-electron chi connectivity index (χ4n) is 2.57. The molecule has 120 valence electrons. The third-order valence-corrected chi connectivity index (χ3v) is 4.19. The van der Waals surface area contributed by atoms with Crippen molar-refractivity contribution in [3.05, 3.63) is 58.1 Å². The zero-order valence-electron chi connectivity index (χ0n) is 13.6. The molecule has 23 heavy (non-hydrogen) atoms. The first-order valence-corrected chi connectivity index (χ1v) is 7.89. The molecule has 2 aromatic rings. The summed E-state index contributed by atoms with van der Waals surface area (Å²) < 4.78 is 10.6. The molecule has 0 saturated carbocycles. The van der Waals surface area contributed by atoms with Gasteiger partial charge in [-0.25, -0.2) is 0 Å². The van der Waals surface area contributed by atoms with E-state index in [1.54, 1.807) is 14.2 Å². The highest BCUT2D eigenvalue weighted by molar-refractivity contribution is 6.32. The number of halogens is 1. The number of aryl methyl sites for hydroxylation is 1. The Labute approximate surface area is 142 Å². The van der Waals surface area contributed by atoms with E-state index in [0.29, 0.717) is 17.2 Å². The van der Waals surface area contributed by atoms with Gasteiger partial charge in [-0.3, -0.25) is 0 Å². The lowest BCUT2D eigenvalue weighted by Gasteiger charge is -2.15. The van der Waals surface area contributed by atoms with Crippen molar-refractivity contribution in [1.29, 1.82) is 5.26 Å². The number of benzene rings is 2. The fourth-order valence-corrected chi connectivity index (χ4v) is 2.85. The Bertz CT molecular complexity index is 722. The highest BCUT2D eigenvalue weighted by atomic mass is 35.5. The van der Waals surface area contributed by atoms with E-state index in [0.717, 1.165) is 23.3 Å². The molecule has 1 unspecified atom stereocenters. The summed E-state index contributed by atoms with van der Waals surface area (Å²) in [4.78, 5) is 0. The van der Waals surface area contributed by atoms with Crippen molar-refractivity contribution in [1.82, 2.24) is 0 Å². The first-order valence-electron chi connectivity index (χ1n) is 7.51. The zero-order chi connectivity index (χ0) is 16.8. The number of ether oxygens (including phenoxy) is 2. The maximum Gasteiger partial charge on any atom is 0.137 e. The van der Waals surface area contributed by atoms with Crippen LogP contribution < -0.4 is 9.47 Å². The first-order chi connectivity index (χ1) is 11.1. The minimum Gasteiger partial charge on any atom is -0.496 e. The average Bonchev–Trinajstić information content (AvgIpc) is 2.59. The van der Waals surface area contributed by atoms with E-state index in [1.807, 2.05) is 30.3 Å². The van der Waals surface area contributed by atoms with Crippen LogP contribution >= 0.6 is 11.6 Å². The van der Waals surface area contributed by atoms with Crippen molar-refractivity contribution in [2.24, 2.45) is 0 Å². The molecule has 2 rings (SSSR count). The smallest absolute Gasteiger partial charge is 0.137 e. The molecule has 0 aliphatic carbocycles. The summed E-state index contributed by atoms with van der Waals surface area (Å²) in [5.41, 5.74) is 3.10. The van der Waals surface area contributed by atoms with Crippen LogP contribution in [-0.4, -0.2) is 14.2 Å². The molecule has 4 heteroatoms. The van der Waals surface area contributed by atoms with Crippen molar-refractivity contribution in [3.63, 3.8) is 0 Å². The predicted octanol–water partition coefficient (Wildman–Crippen LogP) is 4.77. The fraction of sp³-hybridized carbons (Fsp3) is 0.316. The molecule has 1 atom stereocenters. The number of nitriles is 1. The Morgan fingerprint density at radius 3 is 2.26 bits per heavy atom. The summed E-state index contributed by atoms with van der Waals surface area (Å²) in [6.45, 7) is 2.09. The summed E-state index contributed by atoms with van der Waals surface area (Å²) in [6, 6.07) is 14.0. The lowest BCUT2D eigenvalue weighted by Crippen LogP contribution is -2.04. The number of rotatable bonds is 6. The molecule has 0 aromatic heterocycles. The second-order valence-electron chi connectivity index (χ2n) is 5.28. The molecule has 0 amide bonds. The van der Waals surface area contributed by atoms with Crippen LogP contribution in [0.15, 0.2) is 36.4 Å². The standard InChI is InChI=1S/C19H20ClNO2/c1-4-13-5-7-18(22-2)16(10-13)15(12-21)9-14-6-8-19(23-3)17(20)11-14/h5-8,10-11,15H,4,9H2,1-3H3. The number of hydrogen-bond donors (Lipinski definition) is 0. The molecular weight excluding hydrogens is 310 g/mol. The predicted molar refractivity (Wildman–Crippen MR) is 92.4 cm³/mol. The molecule has 2 aromatic carbocycles. The van der Waals surface area contributed by atoms with Gasteiger partial charge in [-0.05, 0) is 42.2 Å². The summed E-state index contributed by atoms with van der Waals surface area (Å²) in [7, 11) is 3.21. The highest BCUT2D eigenvalue weighted by Gasteiger charge is 2.17. The average molecular weight is 330 g/mol. The van der Waals surface area contributed by atoms with Crippen LogP contribution in [0.25, 0.3) is 0 Å². The van der Waals surface area contributed by atoms with Gasteiger partial charge in [0.05, 0.1) is 31.2 Å². The van der Waals surface area contributed by atoms with Gasteiger partial charge in [-0.1, -0.05) is 36.7 Å². The van der Waals surface area contributed by atoms with Crippen LogP contribution in [0.4, 0.5) is 0 Å². The van der Waals surface area contributed by atoms with Gasteiger partial charge in [0.1, 0.15) is 11.5 Å². The quantitative estimate of drug-likeness (QED) is 0.766. The van der Waals surface area contributed by atoms with Crippen LogP contribution in [0.1, 0.15) is 29.5 Å². The van der Waals surface area contributed by atoms with Crippen LogP contribution in [-0.2, 0) is 12.8 Å². The van der Waals surface area contributed by atoms with E-state index in [4.69, 9.17) is 21.1 Å². The van der Waals surface area contributed by atoms with E-state index >= 15 is 0 Å². The Morgan fingerprint density at radius 2 is 1.70 bits per heavy atom. The van der Waals surface area contributed by atoms with E-state index in [9.17, 15) is 5.26 Å². The van der Waals surface area contributed by atoms with Crippen LogP contribution in [0.3, 0.4) is 0 Å². The van der Waals surface area contributed by atoms with Gasteiger partial charge in [-0.15, -0.1) is 0 Å². The molecule has 0 bridgehead atoms. The molecule has 0 N–H and O–H groups in total. The molecule has 0 saturated heterocycles. The van der Waals surface area contributed by atoms with Gasteiger partial charge in [0.2, 0.25) is 0 Å². The van der Waals surface area contributed by atoms with Crippen LogP contribution in [0, 0.1) is 11.3 Å². The lowest BCUT2D eigenvalue weighted by atomic mass is 9.91. The van der Waals surface area contributed by atoms with Crippen LogP contribution in [0.5, 0.6) is 11.5 Å². The van der Waals surface area contributed by atoms with Crippen molar-refractivity contribution in [3.8, 4) is 17.6 Å². The summed E-state index contributed by atoms with van der Waals surface area (Å²) in [5, 5.41) is 10.2. The summed E-state index contributed by atoms with van der Waals surface area (Å²) in [6.07, 6.45) is 1.49. The Hall–Kier alpha value is -2.18. The van der Waals surface area contributed by atoms with E-state index in [1.165, 1.54) is 5.56 Å². The van der Waals surface area contributed by atoms with E-state index in [2.05, 4.69) is 19.1 Å². The maximum absolute atomic E-state index is 9.63. The molecule has 0 heterocycles.